The van der Waals surface area contributed by atoms with Crippen LogP contribution in [0.15, 0.2) is 78.9 Å². The summed E-state index contributed by atoms with van der Waals surface area (Å²) >= 11 is 0. The van der Waals surface area contributed by atoms with Crippen molar-refractivity contribution in [1.82, 2.24) is 0 Å². The number of hydrogen-bond acceptors (Lipinski definition) is 4. The molecule has 30 heavy (non-hydrogen) atoms. The third-order valence-electron chi connectivity index (χ3n) is 4.29. The van der Waals surface area contributed by atoms with E-state index in [-0.39, 0.29) is 12.5 Å². The number of anilines is 2. The first-order valence-electron chi connectivity index (χ1n) is 10.1. The molecule has 3 aromatic rings. The molecule has 0 fully saturated rings. The Hall–Kier alpha value is -3.47. The van der Waals surface area contributed by atoms with Crippen molar-refractivity contribution >= 4 is 17.3 Å². The van der Waals surface area contributed by atoms with Crippen LogP contribution >= 0.6 is 0 Å². The molecule has 3 rings (SSSR count). The monoisotopic (exact) mass is 404 g/mol. The molecule has 0 saturated carbocycles. The van der Waals surface area contributed by atoms with E-state index < -0.39 is 0 Å². The van der Waals surface area contributed by atoms with Gasteiger partial charge in [0.1, 0.15) is 18.1 Å². The van der Waals surface area contributed by atoms with Crippen LogP contribution in [0, 0.1) is 5.92 Å². The Balaban J connectivity index is 1.50. The van der Waals surface area contributed by atoms with Gasteiger partial charge in [0.05, 0.1) is 18.8 Å². The molecule has 3 aromatic carbocycles. The van der Waals surface area contributed by atoms with Crippen LogP contribution < -0.4 is 20.1 Å². The number of rotatable bonds is 10. The first kappa shape index (κ1) is 21.2. The number of ether oxygens (including phenoxy) is 2. The van der Waals surface area contributed by atoms with Gasteiger partial charge in [-0.25, -0.2) is 0 Å². The van der Waals surface area contributed by atoms with Crippen LogP contribution in [0.3, 0.4) is 0 Å². The highest BCUT2D eigenvalue weighted by atomic mass is 16.5. The molecule has 156 valence electrons. The van der Waals surface area contributed by atoms with Crippen molar-refractivity contribution in [3.05, 3.63) is 84.4 Å². The second kappa shape index (κ2) is 10.9. The Morgan fingerprint density at radius 2 is 1.57 bits per heavy atom. The van der Waals surface area contributed by atoms with Gasteiger partial charge < -0.3 is 20.1 Å². The molecular formula is C25H28N2O3. The molecule has 0 bridgehead atoms. The lowest BCUT2D eigenvalue weighted by Crippen LogP contribution is -2.22. The molecule has 5 heteroatoms. The molecule has 0 aromatic heterocycles. The smallest absolute Gasteiger partial charge is 0.243 e. The normalized spacial score (nSPS) is 10.5. The number of carbonyl (C=O) groups excluding carboxylic acids is 1. The molecule has 0 radical (unpaired) electrons. The summed E-state index contributed by atoms with van der Waals surface area (Å²) in [4.78, 5) is 12.3. The molecule has 0 aliphatic heterocycles. The Bertz CT molecular complexity index is 925. The highest BCUT2D eigenvalue weighted by Gasteiger charge is 2.07. The van der Waals surface area contributed by atoms with Gasteiger partial charge in [0.25, 0.3) is 0 Å². The molecule has 2 N–H and O–H groups in total. The van der Waals surface area contributed by atoms with E-state index in [1.807, 2.05) is 78.9 Å². The second-order valence-electron chi connectivity index (χ2n) is 7.40. The average molecular weight is 405 g/mol. The highest BCUT2D eigenvalue weighted by molar-refractivity contribution is 5.94. The number of benzene rings is 3. The fourth-order valence-corrected chi connectivity index (χ4v) is 2.75. The van der Waals surface area contributed by atoms with E-state index in [4.69, 9.17) is 9.47 Å². The Kier molecular flexibility index (Phi) is 7.72. The van der Waals surface area contributed by atoms with Gasteiger partial charge in [-0.1, -0.05) is 56.3 Å². The minimum absolute atomic E-state index is 0.135. The number of para-hydroxylation sites is 2. The van der Waals surface area contributed by atoms with Crippen LogP contribution in [0.5, 0.6) is 11.5 Å². The zero-order valence-electron chi connectivity index (χ0n) is 17.4. The molecule has 0 aliphatic carbocycles. The SMILES string of the molecule is CC(C)COc1ccc(NC(=O)CNc2ccccc2OCc2ccccc2)cc1. The summed E-state index contributed by atoms with van der Waals surface area (Å²) in [6.07, 6.45) is 0. The maximum atomic E-state index is 12.3. The van der Waals surface area contributed by atoms with E-state index in [2.05, 4.69) is 24.5 Å². The summed E-state index contributed by atoms with van der Waals surface area (Å²) < 4.78 is 11.6. The summed E-state index contributed by atoms with van der Waals surface area (Å²) in [6, 6.07) is 25.0. The van der Waals surface area contributed by atoms with Gasteiger partial charge in [0.2, 0.25) is 5.91 Å². The first-order chi connectivity index (χ1) is 14.6. The summed E-state index contributed by atoms with van der Waals surface area (Å²) in [5, 5.41) is 6.04. The van der Waals surface area contributed by atoms with Crippen molar-refractivity contribution in [1.29, 1.82) is 0 Å². The number of carbonyl (C=O) groups is 1. The lowest BCUT2D eigenvalue weighted by atomic mass is 10.2. The van der Waals surface area contributed by atoms with E-state index in [0.717, 1.165) is 22.7 Å². The summed E-state index contributed by atoms with van der Waals surface area (Å²) in [5.74, 6) is 1.84. The molecule has 0 atom stereocenters. The number of nitrogens with one attached hydrogen (secondary N) is 2. The van der Waals surface area contributed by atoms with Gasteiger partial charge in [-0.3, -0.25) is 4.79 Å². The zero-order chi connectivity index (χ0) is 21.2. The molecule has 0 spiro atoms. The van der Waals surface area contributed by atoms with E-state index in [1.54, 1.807) is 0 Å². The summed E-state index contributed by atoms with van der Waals surface area (Å²) in [7, 11) is 0. The van der Waals surface area contributed by atoms with Crippen LogP contribution in [0.2, 0.25) is 0 Å². The Labute approximate surface area is 178 Å². The third-order valence-corrected chi connectivity index (χ3v) is 4.29. The van der Waals surface area contributed by atoms with Crippen molar-refractivity contribution < 1.29 is 14.3 Å². The largest absolute Gasteiger partial charge is 0.493 e. The zero-order valence-corrected chi connectivity index (χ0v) is 17.4. The van der Waals surface area contributed by atoms with Gasteiger partial charge in [-0.15, -0.1) is 0 Å². The molecule has 0 heterocycles. The molecule has 0 aliphatic rings. The third kappa shape index (κ3) is 6.85. The highest BCUT2D eigenvalue weighted by Crippen LogP contribution is 2.24. The fourth-order valence-electron chi connectivity index (χ4n) is 2.75. The topological polar surface area (TPSA) is 59.6 Å². The molecule has 5 nitrogen and oxygen atoms in total. The second-order valence-corrected chi connectivity index (χ2v) is 7.40. The predicted molar refractivity (Wildman–Crippen MR) is 121 cm³/mol. The van der Waals surface area contributed by atoms with Crippen molar-refractivity contribution in [2.75, 3.05) is 23.8 Å². The van der Waals surface area contributed by atoms with E-state index >= 15 is 0 Å². The number of amides is 1. The van der Waals surface area contributed by atoms with Gasteiger partial charge in [0, 0.05) is 5.69 Å². The van der Waals surface area contributed by atoms with Crippen LogP contribution in [-0.4, -0.2) is 19.1 Å². The summed E-state index contributed by atoms with van der Waals surface area (Å²) in [6.45, 7) is 5.48. The van der Waals surface area contributed by atoms with Gasteiger partial charge >= 0.3 is 0 Å². The van der Waals surface area contributed by atoms with Gasteiger partial charge in [-0.05, 0) is 47.9 Å². The lowest BCUT2D eigenvalue weighted by molar-refractivity contribution is -0.114. The average Bonchev–Trinajstić information content (AvgIpc) is 2.77. The molecular weight excluding hydrogens is 376 g/mol. The predicted octanol–water partition coefficient (Wildman–Crippen LogP) is 5.35. The van der Waals surface area contributed by atoms with Crippen molar-refractivity contribution in [3.8, 4) is 11.5 Å². The quantitative estimate of drug-likeness (QED) is 0.478. The van der Waals surface area contributed by atoms with Gasteiger partial charge in [0.15, 0.2) is 0 Å². The lowest BCUT2D eigenvalue weighted by Gasteiger charge is -2.13. The molecule has 0 saturated heterocycles. The van der Waals surface area contributed by atoms with Crippen molar-refractivity contribution in [2.24, 2.45) is 5.92 Å². The van der Waals surface area contributed by atoms with Crippen LogP contribution in [-0.2, 0) is 11.4 Å². The van der Waals surface area contributed by atoms with Gasteiger partial charge in [-0.2, -0.15) is 0 Å². The van der Waals surface area contributed by atoms with Crippen molar-refractivity contribution in [2.45, 2.75) is 20.5 Å². The van der Waals surface area contributed by atoms with Crippen LogP contribution in [0.1, 0.15) is 19.4 Å². The van der Waals surface area contributed by atoms with Crippen LogP contribution in [0.25, 0.3) is 0 Å². The minimum Gasteiger partial charge on any atom is -0.493 e. The van der Waals surface area contributed by atoms with E-state index in [1.165, 1.54) is 0 Å². The van der Waals surface area contributed by atoms with E-state index in [0.29, 0.717) is 24.9 Å². The molecule has 1 amide bonds. The maximum Gasteiger partial charge on any atom is 0.243 e. The minimum atomic E-state index is -0.135. The van der Waals surface area contributed by atoms with Crippen molar-refractivity contribution in [3.63, 3.8) is 0 Å². The first-order valence-corrected chi connectivity index (χ1v) is 10.1. The standard InChI is InChI=1S/C25H28N2O3/c1-19(2)17-29-22-14-12-21(13-15-22)27-25(28)16-26-23-10-6-7-11-24(23)30-18-20-8-4-3-5-9-20/h3-15,19,26H,16-18H2,1-2H3,(H,27,28). The molecule has 0 unspecified atom stereocenters. The number of hydrogen-bond donors (Lipinski definition) is 2. The Morgan fingerprint density at radius 3 is 2.30 bits per heavy atom. The maximum absolute atomic E-state index is 12.3. The van der Waals surface area contributed by atoms with E-state index in [9.17, 15) is 4.79 Å². The fraction of sp³-hybridized carbons (Fsp3) is 0.240. The van der Waals surface area contributed by atoms with Crippen LogP contribution in [0.4, 0.5) is 11.4 Å². The summed E-state index contributed by atoms with van der Waals surface area (Å²) in [5.41, 5.74) is 2.60. The Morgan fingerprint density at radius 1 is 0.867 bits per heavy atom.